The summed E-state index contributed by atoms with van der Waals surface area (Å²) in [5.41, 5.74) is 1.88. The number of aromatic amines is 1. The number of thiophene rings is 1. The van der Waals surface area contributed by atoms with Gasteiger partial charge in [-0.1, -0.05) is 18.2 Å². The maximum absolute atomic E-state index is 12.5. The summed E-state index contributed by atoms with van der Waals surface area (Å²) in [7, 11) is -3.46. The van der Waals surface area contributed by atoms with Crippen molar-refractivity contribution in [1.82, 2.24) is 19.6 Å². The van der Waals surface area contributed by atoms with Crippen molar-refractivity contribution < 1.29 is 13.2 Å². The number of carbonyl (C=O) groups is 1. The summed E-state index contributed by atoms with van der Waals surface area (Å²) in [6.45, 7) is 1.13. The zero-order chi connectivity index (χ0) is 19.6. The van der Waals surface area contributed by atoms with E-state index in [9.17, 15) is 13.2 Å². The van der Waals surface area contributed by atoms with Crippen LogP contribution < -0.4 is 4.72 Å². The van der Waals surface area contributed by atoms with Crippen LogP contribution in [0.5, 0.6) is 0 Å². The summed E-state index contributed by atoms with van der Waals surface area (Å²) in [6, 6.07) is 11.0. The lowest BCUT2D eigenvalue weighted by molar-refractivity contribution is -0.132. The first-order valence-electron chi connectivity index (χ1n) is 9.28. The van der Waals surface area contributed by atoms with Crippen molar-refractivity contribution in [3.05, 3.63) is 47.6 Å². The second-order valence-corrected chi connectivity index (χ2v) is 9.80. The Bertz CT molecular complexity index is 1020. The minimum absolute atomic E-state index is 0.0834. The number of aromatic nitrogens is 2. The molecule has 148 valence electrons. The van der Waals surface area contributed by atoms with E-state index in [1.165, 1.54) is 11.3 Å². The van der Waals surface area contributed by atoms with Gasteiger partial charge < -0.3 is 9.88 Å². The molecule has 2 aromatic heterocycles. The second kappa shape index (κ2) is 8.02. The van der Waals surface area contributed by atoms with Crippen LogP contribution in [0.3, 0.4) is 0 Å². The number of hydrogen-bond donors (Lipinski definition) is 2. The number of aryl methyl sites for hydroxylation is 1. The van der Waals surface area contributed by atoms with E-state index in [1.807, 2.05) is 29.2 Å². The summed E-state index contributed by atoms with van der Waals surface area (Å²) < 4.78 is 27.7. The summed E-state index contributed by atoms with van der Waals surface area (Å²) in [4.78, 5) is 22.1. The molecule has 0 saturated carbocycles. The van der Waals surface area contributed by atoms with Crippen LogP contribution in [0.25, 0.3) is 11.0 Å². The topological polar surface area (TPSA) is 95.2 Å². The van der Waals surface area contributed by atoms with Gasteiger partial charge in [0.05, 0.1) is 11.0 Å². The molecule has 1 aliphatic heterocycles. The average Bonchev–Trinajstić information content (AvgIpc) is 3.36. The Kier molecular flexibility index (Phi) is 5.47. The van der Waals surface area contributed by atoms with E-state index in [4.69, 9.17) is 0 Å². The molecule has 4 rings (SSSR count). The van der Waals surface area contributed by atoms with E-state index >= 15 is 0 Å². The number of piperidine rings is 1. The number of likely N-dealkylation sites (tertiary alicyclic amines) is 1. The fraction of sp³-hybridized carbons (Fsp3) is 0.368. The molecular weight excluding hydrogens is 396 g/mol. The minimum Gasteiger partial charge on any atom is -0.343 e. The zero-order valence-corrected chi connectivity index (χ0v) is 16.9. The first-order valence-corrected chi connectivity index (χ1v) is 11.6. The number of H-pyrrole nitrogens is 1. The molecule has 1 aromatic carbocycles. The van der Waals surface area contributed by atoms with Gasteiger partial charge in [-0.15, -0.1) is 11.3 Å². The predicted octanol–water partition coefficient (Wildman–Crippen LogP) is 2.53. The van der Waals surface area contributed by atoms with Gasteiger partial charge in [-0.25, -0.2) is 18.1 Å². The summed E-state index contributed by atoms with van der Waals surface area (Å²) in [5, 5.41) is 1.75. The van der Waals surface area contributed by atoms with Gasteiger partial charge in [-0.05, 0) is 36.4 Å². The Morgan fingerprint density at radius 3 is 2.71 bits per heavy atom. The quantitative estimate of drug-likeness (QED) is 0.643. The first kappa shape index (κ1) is 19.1. The molecule has 28 heavy (non-hydrogen) atoms. The van der Waals surface area contributed by atoms with E-state index in [0.29, 0.717) is 43.0 Å². The fourth-order valence-corrected chi connectivity index (χ4v) is 5.76. The number of benzene rings is 1. The van der Waals surface area contributed by atoms with Crippen LogP contribution in [-0.4, -0.2) is 48.3 Å². The first-order chi connectivity index (χ1) is 13.5. The van der Waals surface area contributed by atoms with Gasteiger partial charge in [0.1, 0.15) is 10.0 Å². The van der Waals surface area contributed by atoms with Crippen LogP contribution in [-0.2, 0) is 21.2 Å². The van der Waals surface area contributed by atoms with E-state index in [2.05, 4.69) is 14.7 Å². The van der Waals surface area contributed by atoms with Gasteiger partial charge in [0.2, 0.25) is 15.9 Å². The molecule has 0 aliphatic carbocycles. The van der Waals surface area contributed by atoms with Crippen molar-refractivity contribution in [3.8, 4) is 0 Å². The molecule has 0 radical (unpaired) electrons. The molecule has 1 aliphatic rings. The third-order valence-corrected chi connectivity index (χ3v) is 7.86. The fourth-order valence-electron chi connectivity index (χ4n) is 3.45. The number of nitrogens with one attached hydrogen (secondary N) is 2. The van der Waals surface area contributed by atoms with Crippen molar-refractivity contribution in [2.24, 2.45) is 0 Å². The number of hydrogen-bond acceptors (Lipinski definition) is 5. The molecule has 2 N–H and O–H groups in total. The molecule has 1 amide bonds. The van der Waals surface area contributed by atoms with Crippen LogP contribution in [0.2, 0.25) is 0 Å². The van der Waals surface area contributed by atoms with Crippen LogP contribution in [0.4, 0.5) is 0 Å². The standard InChI is InChI=1S/C19H22N4O3S2/c24-18(8-7-17-20-15-4-1-2-5-16(15)21-17)23-11-9-14(10-12-23)22-28(25,26)19-6-3-13-27-19/h1-6,13-14,22H,7-12H2,(H,20,21). The highest BCUT2D eigenvalue weighted by atomic mass is 32.2. The van der Waals surface area contributed by atoms with E-state index < -0.39 is 10.0 Å². The smallest absolute Gasteiger partial charge is 0.250 e. The Morgan fingerprint density at radius 1 is 1.21 bits per heavy atom. The molecule has 0 atom stereocenters. The van der Waals surface area contributed by atoms with Crippen LogP contribution in [0.1, 0.15) is 25.1 Å². The molecule has 9 heteroatoms. The number of fused-ring (bicyclic) bond motifs is 1. The molecule has 0 bridgehead atoms. The molecule has 1 saturated heterocycles. The van der Waals surface area contributed by atoms with Gasteiger partial charge in [0.25, 0.3) is 0 Å². The number of amides is 1. The van der Waals surface area contributed by atoms with E-state index in [-0.39, 0.29) is 11.9 Å². The lowest BCUT2D eigenvalue weighted by Crippen LogP contribution is -2.46. The van der Waals surface area contributed by atoms with Gasteiger partial charge in [0.15, 0.2) is 0 Å². The zero-order valence-electron chi connectivity index (χ0n) is 15.3. The van der Waals surface area contributed by atoms with Crippen LogP contribution in [0.15, 0.2) is 46.0 Å². The summed E-state index contributed by atoms with van der Waals surface area (Å²) in [6.07, 6.45) is 2.21. The van der Waals surface area contributed by atoms with Gasteiger partial charge in [-0.2, -0.15) is 0 Å². The third-order valence-electron chi connectivity index (χ3n) is 4.94. The summed E-state index contributed by atoms with van der Waals surface area (Å²) >= 11 is 1.21. The Labute approximate surface area is 167 Å². The minimum atomic E-state index is -3.46. The largest absolute Gasteiger partial charge is 0.343 e. The summed E-state index contributed by atoms with van der Waals surface area (Å²) in [5.74, 6) is 0.896. The molecule has 0 spiro atoms. The number of para-hydroxylation sites is 2. The highest BCUT2D eigenvalue weighted by molar-refractivity contribution is 7.91. The third kappa shape index (κ3) is 4.26. The molecule has 1 fully saturated rings. The Hall–Kier alpha value is -2.23. The van der Waals surface area contributed by atoms with Crippen molar-refractivity contribution in [2.75, 3.05) is 13.1 Å². The second-order valence-electron chi connectivity index (χ2n) is 6.91. The van der Waals surface area contributed by atoms with Crippen molar-refractivity contribution in [3.63, 3.8) is 0 Å². The average molecular weight is 419 g/mol. The van der Waals surface area contributed by atoms with Gasteiger partial charge in [0, 0.05) is 32.0 Å². The van der Waals surface area contributed by atoms with Crippen LogP contribution >= 0.6 is 11.3 Å². The molecule has 3 aromatic rings. The molecule has 0 unspecified atom stereocenters. The SMILES string of the molecule is O=C(CCc1nc2ccccc2[nH]1)N1CCC(NS(=O)(=O)c2cccs2)CC1. The number of rotatable bonds is 6. The number of nitrogens with zero attached hydrogens (tertiary/aromatic N) is 2. The Morgan fingerprint density at radius 2 is 2.00 bits per heavy atom. The number of imidazole rings is 1. The lowest BCUT2D eigenvalue weighted by atomic mass is 10.1. The normalized spacial score (nSPS) is 15.9. The van der Waals surface area contributed by atoms with E-state index in [1.54, 1.807) is 17.5 Å². The maximum Gasteiger partial charge on any atom is 0.250 e. The van der Waals surface area contributed by atoms with Gasteiger partial charge in [-0.3, -0.25) is 4.79 Å². The van der Waals surface area contributed by atoms with Gasteiger partial charge >= 0.3 is 0 Å². The van der Waals surface area contributed by atoms with Crippen LogP contribution in [0, 0.1) is 0 Å². The van der Waals surface area contributed by atoms with Crippen molar-refractivity contribution in [2.45, 2.75) is 35.9 Å². The predicted molar refractivity (Wildman–Crippen MR) is 109 cm³/mol. The van der Waals surface area contributed by atoms with E-state index in [0.717, 1.165) is 16.9 Å². The highest BCUT2D eigenvalue weighted by Crippen LogP contribution is 2.19. The van der Waals surface area contributed by atoms with Crippen molar-refractivity contribution >= 4 is 38.3 Å². The highest BCUT2D eigenvalue weighted by Gasteiger charge is 2.27. The molecule has 3 heterocycles. The monoisotopic (exact) mass is 418 g/mol. The van der Waals surface area contributed by atoms with Crippen molar-refractivity contribution in [1.29, 1.82) is 0 Å². The number of carbonyl (C=O) groups excluding carboxylic acids is 1. The Balaban J connectivity index is 1.27. The molecule has 7 nitrogen and oxygen atoms in total. The lowest BCUT2D eigenvalue weighted by Gasteiger charge is -2.32. The number of sulfonamides is 1. The maximum atomic E-state index is 12.5. The molecular formula is C19H22N4O3S2.